The predicted molar refractivity (Wildman–Crippen MR) is 74.2 cm³/mol. The third-order valence-corrected chi connectivity index (χ3v) is 3.06. The van der Waals surface area contributed by atoms with Crippen LogP contribution in [0, 0.1) is 6.92 Å². The summed E-state index contributed by atoms with van der Waals surface area (Å²) in [6.45, 7) is 2.03. The third kappa shape index (κ3) is 1.59. The molecule has 2 aromatic heterocycles. The molecule has 1 aromatic carbocycles. The summed E-state index contributed by atoms with van der Waals surface area (Å²) in [7, 11) is 0. The van der Waals surface area contributed by atoms with Gasteiger partial charge in [-0.15, -0.1) is 0 Å². The molecule has 0 aliphatic heterocycles. The zero-order valence-electron chi connectivity index (χ0n) is 10.1. The van der Waals surface area contributed by atoms with E-state index in [4.69, 9.17) is 11.5 Å². The summed E-state index contributed by atoms with van der Waals surface area (Å²) in [4.78, 5) is 4.62. The van der Waals surface area contributed by atoms with Gasteiger partial charge in [0.25, 0.3) is 0 Å². The first-order chi connectivity index (χ1) is 8.65. The molecule has 0 saturated carbocycles. The Kier molecular flexibility index (Phi) is 2.23. The van der Waals surface area contributed by atoms with Gasteiger partial charge in [0.15, 0.2) is 0 Å². The molecule has 4 N–H and O–H groups in total. The lowest BCUT2D eigenvalue weighted by Gasteiger charge is -2.00. The Morgan fingerprint density at radius 3 is 2.33 bits per heavy atom. The molecule has 4 nitrogen and oxygen atoms in total. The van der Waals surface area contributed by atoms with Gasteiger partial charge in [-0.3, -0.25) is 0 Å². The van der Waals surface area contributed by atoms with E-state index in [2.05, 4.69) is 4.98 Å². The van der Waals surface area contributed by atoms with Crippen LogP contribution in [-0.2, 0) is 0 Å². The Morgan fingerprint density at radius 2 is 1.61 bits per heavy atom. The fourth-order valence-electron chi connectivity index (χ4n) is 2.09. The van der Waals surface area contributed by atoms with Crippen LogP contribution in [0.3, 0.4) is 0 Å². The van der Waals surface area contributed by atoms with Crippen LogP contribution >= 0.6 is 0 Å². The first-order valence-electron chi connectivity index (χ1n) is 5.75. The van der Waals surface area contributed by atoms with Gasteiger partial charge in [-0.1, -0.05) is 12.1 Å². The van der Waals surface area contributed by atoms with Crippen molar-refractivity contribution in [2.45, 2.75) is 6.92 Å². The van der Waals surface area contributed by atoms with E-state index in [0.29, 0.717) is 0 Å². The molecule has 0 bridgehead atoms. The molecule has 0 amide bonds. The van der Waals surface area contributed by atoms with Crippen LogP contribution in [0.2, 0.25) is 0 Å². The number of fused-ring (bicyclic) bond motifs is 1. The minimum Gasteiger partial charge on any atom is -0.399 e. The third-order valence-electron chi connectivity index (χ3n) is 3.06. The lowest BCUT2D eigenvalue weighted by molar-refractivity contribution is 1.11. The van der Waals surface area contributed by atoms with Crippen molar-refractivity contribution in [1.29, 1.82) is 0 Å². The first kappa shape index (κ1) is 10.7. The number of imidazole rings is 1. The van der Waals surface area contributed by atoms with E-state index in [1.54, 1.807) is 0 Å². The highest BCUT2D eigenvalue weighted by Gasteiger charge is 2.09. The molecule has 3 aromatic rings. The summed E-state index contributed by atoms with van der Waals surface area (Å²) in [5.41, 5.74) is 17.0. The minimum absolute atomic E-state index is 0.729. The number of nitrogen functional groups attached to an aromatic ring is 2. The second kappa shape index (κ2) is 3.77. The van der Waals surface area contributed by atoms with Gasteiger partial charge in [-0.05, 0) is 31.2 Å². The molecule has 2 heterocycles. The van der Waals surface area contributed by atoms with E-state index >= 15 is 0 Å². The number of hydrogen-bond donors (Lipinski definition) is 2. The molecule has 4 heteroatoms. The maximum atomic E-state index is 5.80. The lowest BCUT2D eigenvalue weighted by atomic mass is 10.1. The van der Waals surface area contributed by atoms with Gasteiger partial charge in [0, 0.05) is 28.8 Å². The maximum Gasteiger partial charge on any atom is 0.137 e. The topological polar surface area (TPSA) is 69.3 Å². The molecule has 0 atom stereocenters. The van der Waals surface area contributed by atoms with Gasteiger partial charge < -0.3 is 15.9 Å². The van der Waals surface area contributed by atoms with Crippen LogP contribution < -0.4 is 11.5 Å². The minimum atomic E-state index is 0.729. The lowest BCUT2D eigenvalue weighted by Crippen LogP contribution is -1.91. The van der Waals surface area contributed by atoms with E-state index in [9.17, 15) is 0 Å². The van der Waals surface area contributed by atoms with Crippen LogP contribution in [0.5, 0.6) is 0 Å². The van der Waals surface area contributed by atoms with Gasteiger partial charge in [-0.2, -0.15) is 0 Å². The zero-order valence-corrected chi connectivity index (χ0v) is 10.1. The van der Waals surface area contributed by atoms with E-state index < -0.39 is 0 Å². The van der Waals surface area contributed by atoms with E-state index in [1.165, 1.54) is 0 Å². The number of nitrogens with two attached hydrogens (primary N) is 2. The average molecular weight is 238 g/mol. The summed E-state index contributed by atoms with van der Waals surface area (Å²) in [5, 5.41) is 0. The first-order valence-corrected chi connectivity index (χ1v) is 5.75. The highest BCUT2D eigenvalue weighted by molar-refractivity contribution is 5.68. The summed E-state index contributed by atoms with van der Waals surface area (Å²) >= 11 is 0. The highest BCUT2D eigenvalue weighted by Crippen LogP contribution is 2.25. The van der Waals surface area contributed by atoms with Crippen LogP contribution in [-0.4, -0.2) is 9.38 Å². The number of rotatable bonds is 1. The Labute approximate surface area is 105 Å². The molecule has 90 valence electrons. The molecule has 0 radical (unpaired) electrons. The quantitative estimate of drug-likeness (QED) is 0.640. The summed E-state index contributed by atoms with van der Waals surface area (Å²) in [6, 6.07) is 11.5. The Bertz CT molecular complexity index is 710. The smallest absolute Gasteiger partial charge is 0.137 e. The summed E-state index contributed by atoms with van der Waals surface area (Å²) in [5.74, 6) is 0. The molecule has 0 unspecified atom stereocenters. The van der Waals surface area contributed by atoms with Gasteiger partial charge >= 0.3 is 0 Å². The zero-order chi connectivity index (χ0) is 12.7. The standard InChI is InChI=1S/C14H14N4/c1-9-14(10-2-4-11(15)5-3-10)17-13-7-6-12(16)8-18(9)13/h2-8H,15-16H2,1H3. The van der Waals surface area contributed by atoms with Crippen molar-refractivity contribution in [2.24, 2.45) is 0 Å². The molecule has 18 heavy (non-hydrogen) atoms. The predicted octanol–water partition coefficient (Wildman–Crippen LogP) is 2.47. The van der Waals surface area contributed by atoms with Crippen molar-refractivity contribution in [3.8, 4) is 11.3 Å². The molecular formula is C14H14N4. The van der Waals surface area contributed by atoms with Crippen molar-refractivity contribution in [1.82, 2.24) is 9.38 Å². The fraction of sp³-hybridized carbons (Fsp3) is 0.0714. The summed E-state index contributed by atoms with van der Waals surface area (Å²) < 4.78 is 2.00. The van der Waals surface area contributed by atoms with Gasteiger partial charge in [0.2, 0.25) is 0 Å². The van der Waals surface area contributed by atoms with Crippen molar-refractivity contribution >= 4 is 17.0 Å². The molecule has 0 aliphatic carbocycles. The number of aryl methyl sites for hydroxylation is 1. The Morgan fingerprint density at radius 1 is 0.944 bits per heavy atom. The number of aromatic nitrogens is 2. The van der Waals surface area contributed by atoms with Gasteiger partial charge in [0.05, 0.1) is 5.69 Å². The number of nitrogens with zero attached hydrogens (tertiary/aromatic N) is 2. The van der Waals surface area contributed by atoms with E-state index in [-0.39, 0.29) is 0 Å². The Hall–Kier alpha value is -2.49. The molecule has 0 aliphatic rings. The van der Waals surface area contributed by atoms with Crippen molar-refractivity contribution in [3.63, 3.8) is 0 Å². The summed E-state index contributed by atoms with van der Waals surface area (Å²) in [6.07, 6.45) is 1.89. The van der Waals surface area contributed by atoms with Crippen LogP contribution in [0.25, 0.3) is 16.9 Å². The van der Waals surface area contributed by atoms with E-state index in [1.807, 2.05) is 53.9 Å². The number of benzene rings is 1. The number of pyridine rings is 1. The molecule has 0 saturated heterocycles. The van der Waals surface area contributed by atoms with Crippen molar-refractivity contribution in [2.75, 3.05) is 11.5 Å². The van der Waals surface area contributed by atoms with Crippen molar-refractivity contribution < 1.29 is 0 Å². The average Bonchev–Trinajstić information content (AvgIpc) is 2.68. The van der Waals surface area contributed by atoms with Crippen molar-refractivity contribution in [3.05, 3.63) is 48.3 Å². The molecule has 0 fully saturated rings. The van der Waals surface area contributed by atoms with Gasteiger partial charge in [-0.25, -0.2) is 4.98 Å². The second-order valence-corrected chi connectivity index (χ2v) is 4.36. The normalized spacial score (nSPS) is 10.9. The molecule has 0 spiro atoms. The fourth-order valence-corrected chi connectivity index (χ4v) is 2.09. The molecular weight excluding hydrogens is 224 g/mol. The maximum absolute atomic E-state index is 5.80. The van der Waals surface area contributed by atoms with Crippen LogP contribution in [0.1, 0.15) is 5.69 Å². The largest absolute Gasteiger partial charge is 0.399 e. The van der Waals surface area contributed by atoms with Crippen LogP contribution in [0.4, 0.5) is 11.4 Å². The van der Waals surface area contributed by atoms with E-state index in [0.717, 1.165) is 34.0 Å². The monoisotopic (exact) mass is 238 g/mol. The second-order valence-electron chi connectivity index (χ2n) is 4.36. The molecule has 3 rings (SSSR count). The number of anilines is 2. The van der Waals surface area contributed by atoms with Gasteiger partial charge in [0.1, 0.15) is 5.65 Å². The highest BCUT2D eigenvalue weighted by atomic mass is 15.0. The Balaban J connectivity index is 2.23. The SMILES string of the molecule is Cc1c(-c2ccc(N)cc2)nc2ccc(N)cn12. The van der Waals surface area contributed by atoms with Crippen LogP contribution in [0.15, 0.2) is 42.6 Å². The number of hydrogen-bond acceptors (Lipinski definition) is 3.